The largest absolute Gasteiger partial charge is 0.478 e. The molecule has 29 heavy (non-hydrogen) atoms. The van der Waals surface area contributed by atoms with Crippen LogP contribution >= 0.6 is 0 Å². The van der Waals surface area contributed by atoms with Crippen LogP contribution in [0.1, 0.15) is 43.0 Å². The Hall–Kier alpha value is -3.14. The zero-order valence-corrected chi connectivity index (χ0v) is 16.4. The third-order valence-corrected chi connectivity index (χ3v) is 5.87. The molecule has 4 rings (SSSR count). The van der Waals surface area contributed by atoms with Gasteiger partial charge in [0.25, 0.3) is 0 Å². The van der Waals surface area contributed by atoms with Crippen molar-refractivity contribution < 1.29 is 19.4 Å². The number of aromatic carboxylic acids is 1. The highest BCUT2D eigenvalue weighted by atomic mass is 16.5. The van der Waals surface area contributed by atoms with Gasteiger partial charge in [0, 0.05) is 5.39 Å². The van der Waals surface area contributed by atoms with E-state index in [9.17, 15) is 14.7 Å². The number of carbonyl (C=O) groups excluding carboxylic acids is 1. The number of carboxylic acids is 1. The van der Waals surface area contributed by atoms with E-state index < -0.39 is 5.97 Å². The first-order valence-electron chi connectivity index (χ1n) is 10.1. The summed E-state index contributed by atoms with van der Waals surface area (Å²) >= 11 is 0. The van der Waals surface area contributed by atoms with Crippen LogP contribution in [0.4, 0.5) is 0 Å². The predicted molar refractivity (Wildman–Crippen MR) is 113 cm³/mol. The molecule has 0 unspecified atom stereocenters. The van der Waals surface area contributed by atoms with Gasteiger partial charge in [-0.15, -0.1) is 0 Å². The lowest BCUT2D eigenvalue weighted by molar-refractivity contribution is -0.140. The highest BCUT2D eigenvalue weighted by molar-refractivity contribution is 6.06. The number of ether oxygens (including phenoxy) is 1. The highest BCUT2D eigenvalue weighted by Gasteiger charge is 2.26. The van der Waals surface area contributed by atoms with Crippen LogP contribution in [0.2, 0.25) is 0 Å². The summed E-state index contributed by atoms with van der Waals surface area (Å²) in [6, 6.07) is 18.2. The van der Waals surface area contributed by atoms with Gasteiger partial charge in [0.2, 0.25) is 0 Å². The van der Waals surface area contributed by atoms with E-state index in [0.29, 0.717) is 17.2 Å². The minimum Gasteiger partial charge on any atom is -0.478 e. The Morgan fingerprint density at radius 1 is 0.862 bits per heavy atom. The molecule has 0 spiro atoms. The molecule has 1 fully saturated rings. The summed E-state index contributed by atoms with van der Waals surface area (Å²) < 4.78 is 5.88. The lowest BCUT2D eigenvalue weighted by atomic mass is 9.83. The third kappa shape index (κ3) is 3.88. The second kappa shape index (κ2) is 8.08. The van der Waals surface area contributed by atoms with Crippen LogP contribution in [0.25, 0.3) is 21.9 Å². The topological polar surface area (TPSA) is 63.6 Å². The number of rotatable bonds is 4. The van der Waals surface area contributed by atoms with Crippen molar-refractivity contribution in [1.82, 2.24) is 0 Å². The molecule has 0 bridgehead atoms. The Morgan fingerprint density at radius 2 is 1.52 bits per heavy atom. The molecule has 3 aromatic rings. The first-order valence-corrected chi connectivity index (χ1v) is 10.1. The minimum absolute atomic E-state index is 0.0695. The van der Waals surface area contributed by atoms with Gasteiger partial charge < -0.3 is 9.84 Å². The molecule has 0 heterocycles. The fraction of sp³-hybridized carbons (Fsp3) is 0.280. The number of carbonyl (C=O) groups is 2. The van der Waals surface area contributed by atoms with E-state index in [2.05, 4.69) is 6.92 Å². The van der Waals surface area contributed by atoms with Gasteiger partial charge in [-0.25, -0.2) is 4.79 Å². The van der Waals surface area contributed by atoms with Crippen molar-refractivity contribution in [3.05, 3.63) is 66.2 Å². The van der Waals surface area contributed by atoms with Crippen LogP contribution in [0, 0.1) is 11.8 Å². The van der Waals surface area contributed by atoms with E-state index in [1.807, 2.05) is 36.4 Å². The smallest absolute Gasteiger partial charge is 0.336 e. The summed E-state index contributed by atoms with van der Waals surface area (Å²) in [5.41, 5.74) is 1.59. The zero-order chi connectivity index (χ0) is 20.4. The van der Waals surface area contributed by atoms with E-state index >= 15 is 0 Å². The maximum atomic E-state index is 12.8. The first-order chi connectivity index (χ1) is 14.0. The molecule has 148 valence electrons. The average Bonchev–Trinajstić information content (AvgIpc) is 2.74. The van der Waals surface area contributed by atoms with Gasteiger partial charge in [0.15, 0.2) is 0 Å². The van der Waals surface area contributed by atoms with Crippen molar-refractivity contribution >= 4 is 22.7 Å². The molecule has 0 aliphatic heterocycles. The van der Waals surface area contributed by atoms with Crippen molar-refractivity contribution in [2.45, 2.75) is 32.6 Å². The monoisotopic (exact) mass is 388 g/mol. The molecule has 3 aromatic carbocycles. The van der Waals surface area contributed by atoms with Gasteiger partial charge >= 0.3 is 11.9 Å². The Labute approximate surface area is 170 Å². The third-order valence-electron chi connectivity index (χ3n) is 5.87. The van der Waals surface area contributed by atoms with E-state index in [1.165, 1.54) is 0 Å². The van der Waals surface area contributed by atoms with Gasteiger partial charge in [0.05, 0.1) is 11.5 Å². The fourth-order valence-corrected chi connectivity index (χ4v) is 4.21. The number of carboxylic acid groups (broad SMARTS) is 1. The molecule has 1 aliphatic carbocycles. The zero-order valence-electron chi connectivity index (χ0n) is 16.4. The summed E-state index contributed by atoms with van der Waals surface area (Å²) in [4.78, 5) is 24.6. The Kier molecular flexibility index (Phi) is 5.34. The van der Waals surface area contributed by atoms with Gasteiger partial charge in [0.1, 0.15) is 5.75 Å². The maximum Gasteiger partial charge on any atom is 0.336 e. The number of hydrogen-bond donors (Lipinski definition) is 1. The Bertz CT molecular complexity index is 1060. The molecule has 0 saturated heterocycles. The van der Waals surface area contributed by atoms with Crippen LogP contribution in [0.5, 0.6) is 5.75 Å². The summed E-state index contributed by atoms with van der Waals surface area (Å²) in [7, 11) is 0. The predicted octanol–water partition coefficient (Wildman–Crippen LogP) is 5.94. The highest BCUT2D eigenvalue weighted by Crippen LogP contribution is 2.38. The van der Waals surface area contributed by atoms with Crippen molar-refractivity contribution in [3.63, 3.8) is 0 Å². The lowest BCUT2D eigenvalue weighted by Crippen LogP contribution is -2.25. The average molecular weight is 388 g/mol. The summed E-state index contributed by atoms with van der Waals surface area (Å²) in [6.45, 7) is 2.22. The molecule has 1 saturated carbocycles. The summed E-state index contributed by atoms with van der Waals surface area (Å²) in [6.07, 6.45) is 3.82. The van der Waals surface area contributed by atoms with Gasteiger partial charge in [-0.2, -0.15) is 0 Å². The molecule has 0 radical (unpaired) electrons. The quantitative estimate of drug-likeness (QED) is 0.444. The number of fused-ring (bicyclic) bond motifs is 1. The van der Waals surface area contributed by atoms with E-state index in [4.69, 9.17) is 4.74 Å². The van der Waals surface area contributed by atoms with E-state index in [0.717, 1.165) is 42.0 Å². The molecule has 0 aromatic heterocycles. The first kappa shape index (κ1) is 19.2. The molecule has 1 aliphatic rings. The number of hydrogen-bond acceptors (Lipinski definition) is 3. The van der Waals surface area contributed by atoms with Crippen LogP contribution < -0.4 is 4.74 Å². The molecular formula is C25H24O4. The molecule has 4 nitrogen and oxygen atoms in total. The second-order valence-electron chi connectivity index (χ2n) is 7.89. The van der Waals surface area contributed by atoms with Crippen molar-refractivity contribution in [2.75, 3.05) is 0 Å². The van der Waals surface area contributed by atoms with Crippen LogP contribution in [0.3, 0.4) is 0 Å². The van der Waals surface area contributed by atoms with Crippen molar-refractivity contribution in [3.8, 4) is 16.9 Å². The Balaban J connectivity index is 1.77. The standard InChI is InChI=1S/C25H24O4/c1-16-12-14-18(15-13-16)25(28)29-22-11-5-7-17-6-4-10-20(23(17)22)19-8-2-3-9-21(19)24(26)27/h2-11,16,18H,12-15H2,1H3,(H,26,27). The van der Waals surface area contributed by atoms with Crippen LogP contribution in [0.15, 0.2) is 60.7 Å². The van der Waals surface area contributed by atoms with E-state index in [-0.39, 0.29) is 17.5 Å². The van der Waals surface area contributed by atoms with Crippen molar-refractivity contribution in [1.29, 1.82) is 0 Å². The SMILES string of the molecule is CC1CCC(C(=O)Oc2cccc3cccc(-c4ccccc4C(=O)O)c23)CC1. The Morgan fingerprint density at radius 3 is 2.24 bits per heavy atom. The maximum absolute atomic E-state index is 12.8. The molecule has 0 amide bonds. The molecule has 0 atom stereocenters. The summed E-state index contributed by atoms with van der Waals surface area (Å²) in [5, 5.41) is 11.3. The molecule has 4 heteroatoms. The fourth-order valence-electron chi connectivity index (χ4n) is 4.21. The summed E-state index contributed by atoms with van der Waals surface area (Å²) in [5.74, 6) is -0.0910. The molecule has 1 N–H and O–H groups in total. The minimum atomic E-state index is -0.983. The van der Waals surface area contributed by atoms with Crippen LogP contribution in [-0.2, 0) is 4.79 Å². The number of esters is 1. The molecular weight excluding hydrogens is 364 g/mol. The van der Waals surface area contributed by atoms with Crippen LogP contribution in [-0.4, -0.2) is 17.0 Å². The lowest BCUT2D eigenvalue weighted by Gasteiger charge is -2.24. The van der Waals surface area contributed by atoms with Gasteiger partial charge in [-0.05, 0) is 60.2 Å². The second-order valence-corrected chi connectivity index (χ2v) is 7.89. The van der Waals surface area contributed by atoms with Gasteiger partial charge in [-0.3, -0.25) is 4.79 Å². The van der Waals surface area contributed by atoms with Gasteiger partial charge in [-0.1, -0.05) is 55.5 Å². The number of benzene rings is 3. The normalized spacial score (nSPS) is 19.1. The van der Waals surface area contributed by atoms with E-state index in [1.54, 1.807) is 24.3 Å². The van der Waals surface area contributed by atoms with Crippen molar-refractivity contribution in [2.24, 2.45) is 11.8 Å².